The maximum Gasteiger partial charge on any atom is 0.419 e. The lowest BCUT2D eigenvalue weighted by Gasteiger charge is -2.28. The fourth-order valence-electron chi connectivity index (χ4n) is 1.46. The molecule has 0 bridgehead atoms. The van der Waals surface area contributed by atoms with Gasteiger partial charge in [-0.05, 0) is 13.0 Å². The second-order valence-corrected chi connectivity index (χ2v) is 3.80. The van der Waals surface area contributed by atoms with Crippen LogP contribution in [0.2, 0.25) is 0 Å². The van der Waals surface area contributed by atoms with Crippen LogP contribution in [0.5, 0.6) is 0 Å². The molecule has 1 unspecified atom stereocenters. The Bertz CT molecular complexity index is 399. The van der Waals surface area contributed by atoms with Crippen molar-refractivity contribution in [3.05, 3.63) is 35.1 Å². The fourth-order valence-corrected chi connectivity index (χ4v) is 1.46. The van der Waals surface area contributed by atoms with Crippen molar-refractivity contribution < 1.29 is 22.3 Å². The molecule has 2 N–H and O–H groups in total. The van der Waals surface area contributed by atoms with E-state index in [0.717, 1.165) is 6.07 Å². The van der Waals surface area contributed by atoms with E-state index in [2.05, 4.69) is 0 Å². The molecule has 1 aromatic rings. The van der Waals surface area contributed by atoms with Crippen LogP contribution in [0, 0.1) is 5.82 Å². The van der Waals surface area contributed by atoms with Gasteiger partial charge in [0.15, 0.2) is 0 Å². The van der Waals surface area contributed by atoms with Crippen LogP contribution in [0.25, 0.3) is 0 Å². The molecule has 0 aromatic heterocycles. The first-order valence-corrected chi connectivity index (χ1v) is 4.87. The molecule has 6 heteroatoms. The third kappa shape index (κ3) is 2.58. The quantitative estimate of drug-likeness (QED) is 0.838. The van der Waals surface area contributed by atoms with E-state index < -0.39 is 23.2 Å². The summed E-state index contributed by atoms with van der Waals surface area (Å²) in [5, 5.41) is 0. The topological polar surface area (TPSA) is 35.2 Å². The second-order valence-electron chi connectivity index (χ2n) is 3.80. The van der Waals surface area contributed by atoms with Gasteiger partial charge in [-0.15, -0.1) is 0 Å². The summed E-state index contributed by atoms with van der Waals surface area (Å²) in [6.07, 6.45) is -4.73. The van der Waals surface area contributed by atoms with Crippen molar-refractivity contribution >= 4 is 0 Å². The molecule has 0 saturated carbocycles. The van der Waals surface area contributed by atoms with E-state index in [1.165, 1.54) is 20.1 Å². The van der Waals surface area contributed by atoms with Gasteiger partial charge in [0, 0.05) is 19.2 Å². The molecule has 0 amide bonds. The SMILES string of the molecule is COC(C)(CN)c1cccc(C(F)(F)F)c1F. The molecule has 0 aliphatic carbocycles. The molecule has 0 heterocycles. The van der Waals surface area contributed by atoms with Crippen molar-refractivity contribution in [2.24, 2.45) is 5.73 Å². The zero-order chi connectivity index (χ0) is 13.3. The van der Waals surface area contributed by atoms with Crippen LogP contribution >= 0.6 is 0 Å². The van der Waals surface area contributed by atoms with Crippen LogP contribution in [-0.4, -0.2) is 13.7 Å². The van der Waals surface area contributed by atoms with E-state index in [9.17, 15) is 17.6 Å². The van der Waals surface area contributed by atoms with Gasteiger partial charge in [0.25, 0.3) is 0 Å². The predicted molar refractivity (Wildman–Crippen MR) is 54.8 cm³/mol. The minimum atomic E-state index is -4.73. The number of halogens is 4. The van der Waals surface area contributed by atoms with Crippen LogP contribution in [0.4, 0.5) is 17.6 Å². The standard InChI is InChI=1S/C11H13F4NO/c1-10(6-16,17-2)7-4-3-5-8(9(7)12)11(13,14)15/h3-5H,6,16H2,1-2H3. The van der Waals surface area contributed by atoms with E-state index in [1.54, 1.807) is 0 Å². The Balaban J connectivity index is 3.38. The Morgan fingerprint density at radius 2 is 1.76 bits per heavy atom. The molecule has 0 saturated heterocycles. The summed E-state index contributed by atoms with van der Waals surface area (Å²) in [5.41, 5.74) is 2.62. The molecule has 0 aliphatic rings. The highest BCUT2D eigenvalue weighted by Gasteiger charge is 2.38. The summed E-state index contributed by atoms with van der Waals surface area (Å²) in [6, 6.07) is 3.06. The Hall–Kier alpha value is -1.14. The smallest absolute Gasteiger partial charge is 0.372 e. The minimum absolute atomic E-state index is 0.123. The van der Waals surface area contributed by atoms with E-state index in [1.807, 2.05) is 0 Å². The first kappa shape index (κ1) is 13.9. The van der Waals surface area contributed by atoms with Gasteiger partial charge in [0.05, 0.1) is 5.56 Å². The van der Waals surface area contributed by atoms with Gasteiger partial charge in [-0.25, -0.2) is 4.39 Å². The molecule has 17 heavy (non-hydrogen) atoms. The Labute approximate surface area is 96.4 Å². The zero-order valence-electron chi connectivity index (χ0n) is 9.44. The van der Waals surface area contributed by atoms with Gasteiger partial charge in [0.1, 0.15) is 11.4 Å². The fraction of sp³-hybridized carbons (Fsp3) is 0.455. The van der Waals surface area contributed by atoms with Crippen molar-refractivity contribution in [3.63, 3.8) is 0 Å². The second kappa shape index (κ2) is 4.62. The van der Waals surface area contributed by atoms with E-state index >= 15 is 0 Å². The number of methoxy groups -OCH3 is 1. The molecule has 0 aliphatic heterocycles. The third-order valence-electron chi connectivity index (χ3n) is 2.71. The van der Waals surface area contributed by atoms with Crippen LogP contribution < -0.4 is 5.73 Å². The molecule has 96 valence electrons. The molecule has 2 nitrogen and oxygen atoms in total. The number of hydrogen-bond acceptors (Lipinski definition) is 2. The van der Waals surface area contributed by atoms with Gasteiger partial charge in [-0.2, -0.15) is 13.2 Å². The summed E-state index contributed by atoms with van der Waals surface area (Å²) >= 11 is 0. The van der Waals surface area contributed by atoms with Gasteiger partial charge < -0.3 is 10.5 Å². The molecule has 1 atom stereocenters. The maximum absolute atomic E-state index is 13.8. The van der Waals surface area contributed by atoms with Crippen LogP contribution in [-0.2, 0) is 16.5 Å². The third-order valence-corrected chi connectivity index (χ3v) is 2.71. The number of alkyl halides is 3. The molecule has 0 spiro atoms. The zero-order valence-corrected chi connectivity index (χ0v) is 9.44. The number of ether oxygens (including phenoxy) is 1. The Morgan fingerprint density at radius 3 is 2.18 bits per heavy atom. The van der Waals surface area contributed by atoms with Crippen LogP contribution in [0.15, 0.2) is 18.2 Å². The van der Waals surface area contributed by atoms with Gasteiger partial charge in [-0.3, -0.25) is 0 Å². The van der Waals surface area contributed by atoms with Crippen molar-refractivity contribution in [1.82, 2.24) is 0 Å². The highest BCUT2D eigenvalue weighted by Crippen LogP contribution is 2.35. The minimum Gasteiger partial charge on any atom is -0.372 e. The first-order valence-electron chi connectivity index (χ1n) is 4.87. The van der Waals surface area contributed by atoms with Crippen LogP contribution in [0.1, 0.15) is 18.1 Å². The molecule has 1 aromatic carbocycles. The maximum atomic E-state index is 13.8. The van der Waals surface area contributed by atoms with E-state index in [0.29, 0.717) is 6.07 Å². The monoisotopic (exact) mass is 251 g/mol. The molecule has 0 radical (unpaired) electrons. The lowest BCUT2D eigenvalue weighted by Crippen LogP contribution is -2.35. The summed E-state index contributed by atoms with van der Waals surface area (Å²) in [6.45, 7) is 1.31. The number of hydrogen-bond donors (Lipinski definition) is 1. The van der Waals surface area contributed by atoms with E-state index in [4.69, 9.17) is 10.5 Å². The van der Waals surface area contributed by atoms with Gasteiger partial charge >= 0.3 is 6.18 Å². The average Bonchev–Trinajstić information content (AvgIpc) is 2.27. The molecule has 0 fully saturated rings. The normalized spacial score (nSPS) is 15.7. The van der Waals surface area contributed by atoms with Crippen molar-refractivity contribution in [2.75, 3.05) is 13.7 Å². The van der Waals surface area contributed by atoms with E-state index in [-0.39, 0.29) is 12.1 Å². The Kier molecular flexibility index (Phi) is 3.78. The predicted octanol–water partition coefficient (Wildman–Crippen LogP) is 2.66. The first-order chi connectivity index (χ1) is 7.76. The molecular formula is C11H13F4NO. The lowest BCUT2D eigenvalue weighted by atomic mass is 9.93. The summed E-state index contributed by atoms with van der Waals surface area (Å²) in [4.78, 5) is 0. The summed E-state index contributed by atoms with van der Waals surface area (Å²) < 4.78 is 56.3. The molecule has 1 rings (SSSR count). The highest BCUT2D eigenvalue weighted by molar-refractivity contribution is 5.32. The van der Waals surface area contributed by atoms with Crippen molar-refractivity contribution in [2.45, 2.75) is 18.7 Å². The molecular weight excluding hydrogens is 238 g/mol. The van der Waals surface area contributed by atoms with Crippen molar-refractivity contribution in [1.29, 1.82) is 0 Å². The summed E-state index contributed by atoms with van der Waals surface area (Å²) in [5.74, 6) is -1.34. The number of benzene rings is 1. The van der Waals surface area contributed by atoms with Gasteiger partial charge in [0.2, 0.25) is 0 Å². The van der Waals surface area contributed by atoms with Crippen LogP contribution in [0.3, 0.4) is 0 Å². The number of rotatable bonds is 3. The Morgan fingerprint density at radius 1 is 1.24 bits per heavy atom. The largest absolute Gasteiger partial charge is 0.419 e. The summed E-state index contributed by atoms with van der Waals surface area (Å²) in [7, 11) is 1.27. The lowest BCUT2D eigenvalue weighted by molar-refractivity contribution is -0.140. The average molecular weight is 251 g/mol. The highest BCUT2D eigenvalue weighted by atomic mass is 19.4. The van der Waals surface area contributed by atoms with Crippen molar-refractivity contribution in [3.8, 4) is 0 Å². The van der Waals surface area contributed by atoms with Gasteiger partial charge in [-0.1, -0.05) is 12.1 Å². The number of nitrogens with two attached hydrogens (primary N) is 1.